The number of rotatable bonds is 5. The van der Waals surface area contributed by atoms with E-state index in [1.165, 1.54) is 0 Å². The smallest absolute Gasteiger partial charge is 0.274 e. The molecule has 1 amide bonds. The summed E-state index contributed by atoms with van der Waals surface area (Å²) < 4.78 is 1.71. The van der Waals surface area contributed by atoms with E-state index < -0.39 is 0 Å². The number of carbonyl (C=O) groups is 1. The van der Waals surface area contributed by atoms with Crippen molar-refractivity contribution in [2.24, 2.45) is 0 Å². The van der Waals surface area contributed by atoms with Gasteiger partial charge < -0.3 is 10.2 Å². The number of para-hydroxylation sites is 1. The lowest BCUT2D eigenvalue weighted by Gasteiger charge is -2.15. The van der Waals surface area contributed by atoms with Gasteiger partial charge in [0.1, 0.15) is 0 Å². The molecule has 0 aliphatic rings. The molecule has 1 heterocycles. The molecule has 5 heteroatoms. The number of aromatic nitrogens is 2. The fraction of sp³-hybridized carbons (Fsp3) is 0.286. The van der Waals surface area contributed by atoms with E-state index in [2.05, 4.69) is 10.4 Å². The van der Waals surface area contributed by atoms with Crippen LogP contribution in [0.4, 0.5) is 0 Å². The Morgan fingerprint density at radius 2 is 2.05 bits per heavy atom. The van der Waals surface area contributed by atoms with Gasteiger partial charge in [0.05, 0.1) is 5.69 Å². The van der Waals surface area contributed by atoms with Crippen molar-refractivity contribution in [2.75, 3.05) is 27.2 Å². The van der Waals surface area contributed by atoms with Crippen molar-refractivity contribution in [1.29, 1.82) is 0 Å². The second-order valence-electron chi connectivity index (χ2n) is 4.31. The van der Waals surface area contributed by atoms with E-state index in [-0.39, 0.29) is 5.91 Å². The lowest BCUT2D eigenvalue weighted by atomic mass is 10.3. The normalized spacial score (nSPS) is 10.4. The van der Waals surface area contributed by atoms with E-state index in [0.717, 1.165) is 12.2 Å². The Hall–Kier alpha value is -2.14. The number of benzene rings is 1. The van der Waals surface area contributed by atoms with Crippen LogP contribution in [0.3, 0.4) is 0 Å². The first kappa shape index (κ1) is 13.3. The molecule has 2 aromatic rings. The molecular weight excluding hydrogens is 240 g/mol. The number of carbonyl (C=O) groups excluding carboxylic acids is 1. The van der Waals surface area contributed by atoms with E-state index in [9.17, 15) is 4.79 Å². The minimum atomic E-state index is -0.0649. The highest BCUT2D eigenvalue weighted by molar-refractivity contribution is 5.92. The molecular formula is C14H18N4O. The molecule has 0 fully saturated rings. The number of nitrogens with one attached hydrogen (secondary N) is 1. The monoisotopic (exact) mass is 258 g/mol. The molecule has 0 aliphatic carbocycles. The van der Waals surface area contributed by atoms with Crippen molar-refractivity contribution in [2.45, 2.75) is 0 Å². The van der Waals surface area contributed by atoms with Crippen molar-refractivity contribution < 1.29 is 4.79 Å². The topological polar surface area (TPSA) is 50.2 Å². The molecule has 100 valence electrons. The van der Waals surface area contributed by atoms with Gasteiger partial charge in [-0.2, -0.15) is 5.10 Å². The average molecular weight is 258 g/mol. The highest BCUT2D eigenvalue weighted by Gasteiger charge is 2.14. The molecule has 0 unspecified atom stereocenters. The first-order chi connectivity index (χ1) is 9.22. The molecule has 0 spiro atoms. The lowest BCUT2D eigenvalue weighted by Crippen LogP contribution is -2.33. The molecule has 0 radical (unpaired) electrons. The maximum Gasteiger partial charge on any atom is 0.274 e. The quantitative estimate of drug-likeness (QED) is 0.875. The average Bonchev–Trinajstić information content (AvgIpc) is 2.94. The summed E-state index contributed by atoms with van der Waals surface area (Å²) in [6, 6.07) is 11.5. The molecule has 1 N–H and O–H groups in total. The van der Waals surface area contributed by atoms with E-state index >= 15 is 0 Å². The second kappa shape index (κ2) is 6.15. The van der Waals surface area contributed by atoms with Crippen LogP contribution in [0.5, 0.6) is 0 Å². The van der Waals surface area contributed by atoms with Crippen LogP contribution in [0.25, 0.3) is 5.69 Å². The van der Waals surface area contributed by atoms with Gasteiger partial charge in [-0.25, -0.2) is 4.68 Å². The van der Waals surface area contributed by atoms with Gasteiger partial charge >= 0.3 is 0 Å². The van der Waals surface area contributed by atoms with Gasteiger partial charge in [-0.05, 0) is 25.2 Å². The fourth-order valence-corrected chi connectivity index (χ4v) is 1.74. The second-order valence-corrected chi connectivity index (χ2v) is 4.31. The van der Waals surface area contributed by atoms with Gasteiger partial charge in [0, 0.05) is 26.3 Å². The van der Waals surface area contributed by atoms with Crippen LogP contribution in [-0.4, -0.2) is 47.8 Å². The maximum atomic E-state index is 12.1. The SMILES string of the molecule is CNCCN(C)C(=O)c1ccn(-c2ccccc2)n1. The molecule has 0 aliphatic heterocycles. The summed E-state index contributed by atoms with van der Waals surface area (Å²) in [5, 5.41) is 7.33. The van der Waals surface area contributed by atoms with Gasteiger partial charge in [-0.3, -0.25) is 4.79 Å². The first-order valence-corrected chi connectivity index (χ1v) is 6.23. The van der Waals surface area contributed by atoms with Crippen molar-refractivity contribution >= 4 is 5.91 Å². The van der Waals surface area contributed by atoms with Crippen LogP contribution < -0.4 is 5.32 Å². The fourth-order valence-electron chi connectivity index (χ4n) is 1.74. The zero-order valence-electron chi connectivity index (χ0n) is 11.2. The largest absolute Gasteiger partial charge is 0.339 e. The summed E-state index contributed by atoms with van der Waals surface area (Å²) in [4.78, 5) is 13.8. The summed E-state index contributed by atoms with van der Waals surface area (Å²) >= 11 is 0. The number of nitrogens with zero attached hydrogens (tertiary/aromatic N) is 3. The first-order valence-electron chi connectivity index (χ1n) is 6.23. The zero-order valence-corrected chi connectivity index (χ0v) is 11.2. The Morgan fingerprint density at radius 1 is 1.32 bits per heavy atom. The summed E-state index contributed by atoms with van der Waals surface area (Å²) in [6.07, 6.45) is 1.80. The highest BCUT2D eigenvalue weighted by Crippen LogP contribution is 2.08. The van der Waals surface area contributed by atoms with Crippen LogP contribution in [0.2, 0.25) is 0 Å². The van der Waals surface area contributed by atoms with E-state index in [0.29, 0.717) is 12.2 Å². The number of amides is 1. The summed E-state index contributed by atoms with van der Waals surface area (Å²) in [6.45, 7) is 1.43. The van der Waals surface area contributed by atoms with Crippen molar-refractivity contribution in [1.82, 2.24) is 20.0 Å². The van der Waals surface area contributed by atoms with Gasteiger partial charge in [-0.1, -0.05) is 18.2 Å². The van der Waals surface area contributed by atoms with Crippen LogP contribution >= 0.6 is 0 Å². The van der Waals surface area contributed by atoms with Crippen molar-refractivity contribution in [3.63, 3.8) is 0 Å². The Labute approximate surface area is 112 Å². The molecule has 19 heavy (non-hydrogen) atoms. The van der Waals surface area contributed by atoms with Gasteiger partial charge in [-0.15, -0.1) is 0 Å². The minimum absolute atomic E-state index is 0.0649. The Balaban J connectivity index is 2.11. The van der Waals surface area contributed by atoms with E-state index in [1.807, 2.05) is 37.4 Å². The molecule has 5 nitrogen and oxygen atoms in total. The Bertz CT molecular complexity index is 535. The highest BCUT2D eigenvalue weighted by atomic mass is 16.2. The molecule has 0 atom stereocenters. The van der Waals surface area contributed by atoms with Gasteiger partial charge in [0.25, 0.3) is 5.91 Å². The maximum absolute atomic E-state index is 12.1. The molecule has 0 saturated heterocycles. The summed E-state index contributed by atoms with van der Waals surface area (Å²) in [5.41, 5.74) is 1.40. The van der Waals surface area contributed by atoms with Crippen molar-refractivity contribution in [3.05, 3.63) is 48.3 Å². The van der Waals surface area contributed by atoms with Crippen molar-refractivity contribution in [3.8, 4) is 5.69 Å². The number of hydrogen-bond acceptors (Lipinski definition) is 3. The van der Waals surface area contributed by atoms with Crippen LogP contribution in [-0.2, 0) is 0 Å². The molecule has 0 bridgehead atoms. The van der Waals surface area contributed by atoms with Crippen LogP contribution in [0.15, 0.2) is 42.6 Å². The summed E-state index contributed by atoms with van der Waals surface area (Å²) in [5.74, 6) is -0.0649. The molecule has 1 aromatic carbocycles. The van der Waals surface area contributed by atoms with Gasteiger partial charge in [0.15, 0.2) is 5.69 Å². The third kappa shape index (κ3) is 3.20. The number of likely N-dealkylation sites (N-methyl/N-ethyl adjacent to an activating group) is 2. The van der Waals surface area contributed by atoms with E-state index in [4.69, 9.17) is 0 Å². The Kier molecular flexibility index (Phi) is 4.30. The van der Waals surface area contributed by atoms with Crippen LogP contribution in [0.1, 0.15) is 10.5 Å². The predicted octanol–water partition coefficient (Wildman–Crippen LogP) is 1.16. The third-order valence-corrected chi connectivity index (χ3v) is 2.87. The molecule has 2 rings (SSSR count). The minimum Gasteiger partial charge on any atom is -0.339 e. The standard InChI is InChI=1S/C14H18N4O/c1-15-9-11-17(2)14(19)13-8-10-18(16-13)12-6-4-3-5-7-12/h3-8,10,15H,9,11H2,1-2H3. The van der Waals surface area contributed by atoms with Crippen LogP contribution in [0, 0.1) is 0 Å². The zero-order chi connectivity index (χ0) is 13.7. The van der Waals surface area contributed by atoms with Gasteiger partial charge in [0.2, 0.25) is 0 Å². The molecule has 1 aromatic heterocycles. The summed E-state index contributed by atoms with van der Waals surface area (Å²) in [7, 11) is 3.64. The Morgan fingerprint density at radius 3 is 2.74 bits per heavy atom. The predicted molar refractivity (Wildman–Crippen MR) is 74.5 cm³/mol. The lowest BCUT2D eigenvalue weighted by molar-refractivity contribution is 0.0790. The van der Waals surface area contributed by atoms with E-state index in [1.54, 1.807) is 28.9 Å². The third-order valence-electron chi connectivity index (χ3n) is 2.87. The molecule has 0 saturated carbocycles. The number of hydrogen-bond donors (Lipinski definition) is 1.